The van der Waals surface area contributed by atoms with Crippen molar-refractivity contribution in [2.75, 3.05) is 0 Å². The van der Waals surface area contributed by atoms with Crippen LogP contribution in [0.25, 0.3) is 0 Å². The third kappa shape index (κ3) is 2.00. The maximum Gasteiger partial charge on any atom is 0.137 e. The Bertz CT molecular complexity index is 526. The van der Waals surface area contributed by atoms with Gasteiger partial charge in [-0.2, -0.15) is 0 Å². The Hall–Kier alpha value is -0.630. The molecule has 0 saturated heterocycles. The maximum atomic E-state index is 13.0. The Labute approximate surface area is 141 Å². The van der Waals surface area contributed by atoms with Crippen LogP contribution in [0.5, 0.6) is 0 Å². The Morgan fingerprint density at radius 1 is 1.17 bits per heavy atom. The van der Waals surface area contributed by atoms with E-state index in [1.807, 2.05) is 6.08 Å². The lowest BCUT2D eigenvalue weighted by Crippen LogP contribution is -2.60. The number of aliphatic hydroxyl groups excluding tert-OH is 1. The van der Waals surface area contributed by atoms with Crippen molar-refractivity contribution in [2.24, 2.45) is 39.9 Å². The molecule has 130 valence electrons. The van der Waals surface area contributed by atoms with E-state index < -0.39 is 6.10 Å². The quantitative estimate of drug-likeness (QED) is 0.716. The average Bonchev–Trinajstić information content (AvgIpc) is 2.87. The van der Waals surface area contributed by atoms with Gasteiger partial charge in [-0.1, -0.05) is 40.7 Å². The third-order valence-corrected chi connectivity index (χ3v) is 8.79. The van der Waals surface area contributed by atoms with Gasteiger partial charge in [0, 0.05) is 17.8 Å². The largest absolute Gasteiger partial charge is 0.392 e. The summed E-state index contributed by atoms with van der Waals surface area (Å²) in [5, 5.41) is 11.2. The first kappa shape index (κ1) is 17.2. The molecule has 3 aliphatic rings. The number of ketones is 1. The molecule has 2 bridgehead atoms. The number of rotatable bonds is 1. The molecule has 0 amide bonds. The van der Waals surface area contributed by atoms with Crippen LogP contribution in [0, 0.1) is 39.9 Å². The zero-order chi connectivity index (χ0) is 17.2. The van der Waals surface area contributed by atoms with Crippen molar-refractivity contribution < 1.29 is 9.90 Å². The first-order chi connectivity index (χ1) is 10.6. The molecule has 0 heterocycles. The van der Waals surface area contributed by atoms with Crippen molar-refractivity contribution in [3.05, 3.63) is 12.7 Å². The third-order valence-electron chi connectivity index (χ3n) is 8.79. The molecule has 2 nitrogen and oxygen atoms in total. The molecular weight excluding hydrogens is 284 g/mol. The summed E-state index contributed by atoms with van der Waals surface area (Å²) in [6, 6.07) is 0. The molecule has 3 rings (SSSR count). The highest BCUT2D eigenvalue weighted by molar-refractivity contribution is 5.85. The highest BCUT2D eigenvalue weighted by atomic mass is 16.3. The molecule has 0 radical (unpaired) electrons. The fourth-order valence-electron chi connectivity index (χ4n) is 6.86. The molecule has 1 N–H and O–H groups in total. The van der Waals surface area contributed by atoms with Crippen LogP contribution in [0.2, 0.25) is 0 Å². The fourth-order valence-corrected chi connectivity index (χ4v) is 6.86. The minimum Gasteiger partial charge on any atom is -0.392 e. The van der Waals surface area contributed by atoms with Crippen LogP contribution < -0.4 is 0 Å². The van der Waals surface area contributed by atoms with Gasteiger partial charge in [0.25, 0.3) is 0 Å². The molecular formula is C21H34O2. The van der Waals surface area contributed by atoms with Crippen LogP contribution in [0.15, 0.2) is 12.7 Å². The molecule has 3 fully saturated rings. The van der Waals surface area contributed by atoms with Crippen LogP contribution in [-0.4, -0.2) is 17.0 Å². The summed E-state index contributed by atoms with van der Waals surface area (Å²) in [5.74, 6) is 1.73. The van der Waals surface area contributed by atoms with Crippen molar-refractivity contribution in [1.29, 1.82) is 0 Å². The minimum atomic E-state index is -0.409. The lowest BCUT2D eigenvalue weighted by Gasteiger charge is -2.62. The SMILES string of the molecule is C=C[C@]1(C)CC(C)[C@]2(C)C(C)CC[C@]3(CCC(=O)C23)[C@@H](C)[C@@H]1O. The van der Waals surface area contributed by atoms with Crippen LogP contribution >= 0.6 is 0 Å². The molecule has 2 heteroatoms. The van der Waals surface area contributed by atoms with Crippen LogP contribution in [-0.2, 0) is 4.79 Å². The topological polar surface area (TPSA) is 37.3 Å². The second-order valence-corrected chi connectivity index (χ2v) is 9.49. The predicted octanol–water partition coefficient (Wildman–Crippen LogP) is 4.62. The Morgan fingerprint density at radius 2 is 1.83 bits per heavy atom. The molecule has 8 atom stereocenters. The molecule has 3 saturated carbocycles. The van der Waals surface area contributed by atoms with Gasteiger partial charge in [0.05, 0.1) is 6.10 Å². The van der Waals surface area contributed by atoms with E-state index in [1.165, 1.54) is 6.42 Å². The smallest absolute Gasteiger partial charge is 0.137 e. The second kappa shape index (κ2) is 5.18. The Balaban J connectivity index is 2.21. The maximum absolute atomic E-state index is 13.0. The van der Waals surface area contributed by atoms with E-state index in [0.29, 0.717) is 24.0 Å². The fraction of sp³-hybridized carbons (Fsp3) is 0.857. The monoisotopic (exact) mass is 318 g/mol. The lowest BCUT2D eigenvalue weighted by atomic mass is 9.42. The summed E-state index contributed by atoms with van der Waals surface area (Å²) in [6.45, 7) is 15.4. The molecule has 3 unspecified atom stereocenters. The zero-order valence-electron chi connectivity index (χ0n) is 15.6. The number of hydrogen-bond acceptors (Lipinski definition) is 2. The van der Waals surface area contributed by atoms with Crippen molar-refractivity contribution in [3.63, 3.8) is 0 Å². The van der Waals surface area contributed by atoms with E-state index in [4.69, 9.17) is 0 Å². The van der Waals surface area contributed by atoms with E-state index in [1.54, 1.807) is 0 Å². The Kier molecular flexibility index (Phi) is 3.87. The van der Waals surface area contributed by atoms with E-state index in [-0.39, 0.29) is 28.1 Å². The van der Waals surface area contributed by atoms with Gasteiger partial charge in [0.15, 0.2) is 0 Å². The van der Waals surface area contributed by atoms with Gasteiger partial charge >= 0.3 is 0 Å². The summed E-state index contributed by atoms with van der Waals surface area (Å²) in [6.07, 6.45) is 6.45. The van der Waals surface area contributed by atoms with Gasteiger partial charge in [-0.3, -0.25) is 4.79 Å². The van der Waals surface area contributed by atoms with Gasteiger partial charge in [-0.25, -0.2) is 0 Å². The van der Waals surface area contributed by atoms with Crippen molar-refractivity contribution in [3.8, 4) is 0 Å². The van der Waals surface area contributed by atoms with E-state index in [0.717, 1.165) is 19.3 Å². The van der Waals surface area contributed by atoms with Crippen molar-refractivity contribution in [2.45, 2.75) is 72.8 Å². The standard InChI is InChI=1S/C21H34O2/c1-7-19(5)12-14(3)20(6)13(2)8-10-21(15(4)18(19)23)11-9-16(22)17(20)21/h7,13-15,17-18,23H,1,8-12H2,2-6H3/t13?,14?,15-,17?,18-,19+,20-,21-/m0/s1. The first-order valence-electron chi connectivity index (χ1n) is 9.48. The first-order valence-corrected chi connectivity index (χ1v) is 9.48. The summed E-state index contributed by atoms with van der Waals surface area (Å²) in [7, 11) is 0. The van der Waals surface area contributed by atoms with Crippen LogP contribution in [0.4, 0.5) is 0 Å². The van der Waals surface area contributed by atoms with E-state index >= 15 is 0 Å². The van der Waals surface area contributed by atoms with Crippen molar-refractivity contribution in [1.82, 2.24) is 0 Å². The highest BCUT2D eigenvalue weighted by Crippen LogP contribution is 2.68. The molecule has 0 aromatic carbocycles. The molecule has 0 aromatic rings. The number of hydrogen-bond donors (Lipinski definition) is 1. The molecule has 0 spiro atoms. The highest BCUT2D eigenvalue weighted by Gasteiger charge is 2.66. The summed E-state index contributed by atoms with van der Waals surface area (Å²) < 4.78 is 0. The minimum absolute atomic E-state index is 0.00326. The molecule has 0 aliphatic heterocycles. The predicted molar refractivity (Wildman–Crippen MR) is 93.9 cm³/mol. The van der Waals surface area contributed by atoms with E-state index in [2.05, 4.69) is 41.2 Å². The number of carbonyl (C=O) groups is 1. The summed E-state index contributed by atoms with van der Waals surface area (Å²) in [4.78, 5) is 13.0. The number of Topliss-reactive ketones (excluding diaryl/α,β-unsaturated/α-hetero) is 1. The second-order valence-electron chi connectivity index (χ2n) is 9.49. The van der Waals surface area contributed by atoms with Crippen LogP contribution in [0.3, 0.4) is 0 Å². The van der Waals surface area contributed by atoms with Gasteiger partial charge < -0.3 is 5.11 Å². The molecule has 3 aliphatic carbocycles. The number of carbonyl (C=O) groups excluding carboxylic acids is 1. The van der Waals surface area contributed by atoms with Gasteiger partial charge in [-0.15, -0.1) is 6.58 Å². The van der Waals surface area contributed by atoms with Gasteiger partial charge in [0.1, 0.15) is 5.78 Å². The Morgan fingerprint density at radius 3 is 2.43 bits per heavy atom. The van der Waals surface area contributed by atoms with Gasteiger partial charge in [-0.05, 0) is 54.3 Å². The van der Waals surface area contributed by atoms with Crippen LogP contribution in [0.1, 0.15) is 66.7 Å². The summed E-state index contributed by atoms with van der Waals surface area (Å²) in [5.41, 5.74) is -0.220. The average molecular weight is 319 g/mol. The lowest BCUT2D eigenvalue weighted by molar-refractivity contribution is -0.172. The summed E-state index contributed by atoms with van der Waals surface area (Å²) >= 11 is 0. The molecule has 0 aromatic heterocycles. The zero-order valence-corrected chi connectivity index (χ0v) is 15.6. The van der Waals surface area contributed by atoms with E-state index in [9.17, 15) is 9.90 Å². The molecule has 23 heavy (non-hydrogen) atoms. The number of aliphatic hydroxyl groups is 1. The van der Waals surface area contributed by atoms with Crippen molar-refractivity contribution >= 4 is 5.78 Å². The van der Waals surface area contributed by atoms with Gasteiger partial charge in [0.2, 0.25) is 0 Å². The normalized spacial score (nSPS) is 56.6.